The molecule has 0 atom stereocenters. The minimum absolute atomic E-state index is 0.141. The molecule has 7 nitrogen and oxygen atoms in total. The van der Waals surface area contributed by atoms with Gasteiger partial charge in [0.2, 0.25) is 0 Å². The summed E-state index contributed by atoms with van der Waals surface area (Å²) < 4.78 is 0. The molecular weight excluding hydrogens is 384 g/mol. The number of imide groups is 1. The number of amides is 2. The number of carbonyl (C=O) groups excluding carboxylic acids is 3. The summed E-state index contributed by atoms with van der Waals surface area (Å²) in [5, 5.41) is 11.0. The predicted octanol–water partition coefficient (Wildman–Crippen LogP) is 3.66. The highest BCUT2D eigenvalue weighted by Gasteiger charge is 2.35. The number of hydrogen-bond acceptors (Lipinski definition) is 5. The maximum atomic E-state index is 12.8. The highest BCUT2D eigenvalue weighted by atomic mass is 16.6. The standard InChI is InChI=1S/C23H16N2O5/c26-21(16-7-4-8-18(13-16)25(29)30)17-9-10-19-20(14-17)23(28)24(22(19)27)12-11-15-5-2-1-3-6-15/h1-10,13-14H,11-12H2. The van der Waals surface area contributed by atoms with E-state index in [1.807, 2.05) is 30.3 Å². The molecule has 30 heavy (non-hydrogen) atoms. The summed E-state index contributed by atoms with van der Waals surface area (Å²) in [5.41, 5.74) is 1.58. The molecule has 0 saturated heterocycles. The first-order valence-corrected chi connectivity index (χ1v) is 9.29. The molecule has 0 fully saturated rings. The molecule has 2 amide bonds. The van der Waals surface area contributed by atoms with Crippen molar-refractivity contribution >= 4 is 23.3 Å². The molecule has 0 radical (unpaired) electrons. The number of ketones is 1. The van der Waals surface area contributed by atoms with Gasteiger partial charge in [0.15, 0.2) is 5.78 Å². The summed E-state index contributed by atoms with van der Waals surface area (Å²) in [5.74, 6) is -1.29. The van der Waals surface area contributed by atoms with Gasteiger partial charge in [0, 0.05) is 29.8 Å². The Morgan fingerprint density at radius 3 is 2.27 bits per heavy atom. The summed E-state index contributed by atoms with van der Waals surface area (Å²) in [4.78, 5) is 49.8. The Balaban J connectivity index is 1.58. The van der Waals surface area contributed by atoms with Crippen LogP contribution in [0, 0.1) is 10.1 Å². The quantitative estimate of drug-likeness (QED) is 0.272. The molecule has 1 aliphatic heterocycles. The van der Waals surface area contributed by atoms with E-state index in [2.05, 4.69) is 0 Å². The third-order valence-electron chi connectivity index (χ3n) is 5.02. The average Bonchev–Trinajstić information content (AvgIpc) is 3.01. The smallest absolute Gasteiger partial charge is 0.270 e. The lowest BCUT2D eigenvalue weighted by atomic mass is 9.99. The number of benzene rings is 3. The Labute approximate surface area is 171 Å². The van der Waals surface area contributed by atoms with Crippen LogP contribution >= 0.6 is 0 Å². The van der Waals surface area contributed by atoms with Crippen molar-refractivity contribution in [2.24, 2.45) is 0 Å². The maximum absolute atomic E-state index is 12.8. The Bertz CT molecular complexity index is 1190. The zero-order valence-corrected chi connectivity index (χ0v) is 15.8. The van der Waals surface area contributed by atoms with Crippen molar-refractivity contribution in [2.75, 3.05) is 6.54 Å². The van der Waals surface area contributed by atoms with Crippen molar-refractivity contribution in [3.05, 3.63) is 111 Å². The van der Waals surface area contributed by atoms with Crippen LogP contribution in [0.4, 0.5) is 5.69 Å². The normalized spacial score (nSPS) is 12.7. The van der Waals surface area contributed by atoms with Crippen molar-refractivity contribution in [3.8, 4) is 0 Å². The van der Waals surface area contributed by atoms with Crippen LogP contribution in [0.25, 0.3) is 0 Å². The van der Waals surface area contributed by atoms with Crippen LogP contribution in [-0.4, -0.2) is 34.0 Å². The third kappa shape index (κ3) is 3.48. The third-order valence-corrected chi connectivity index (χ3v) is 5.02. The van der Waals surface area contributed by atoms with Crippen molar-refractivity contribution in [3.63, 3.8) is 0 Å². The average molecular weight is 400 g/mol. The van der Waals surface area contributed by atoms with Crippen LogP contribution in [0.2, 0.25) is 0 Å². The molecule has 0 spiro atoms. The van der Waals surface area contributed by atoms with Gasteiger partial charge in [-0.3, -0.25) is 29.4 Å². The van der Waals surface area contributed by atoms with E-state index in [0.717, 1.165) is 5.56 Å². The Morgan fingerprint density at radius 2 is 1.53 bits per heavy atom. The first kappa shape index (κ1) is 19.2. The van der Waals surface area contributed by atoms with Crippen LogP contribution in [0.15, 0.2) is 72.8 Å². The summed E-state index contributed by atoms with van der Waals surface area (Å²) in [7, 11) is 0. The Hall–Kier alpha value is -4.13. The summed E-state index contributed by atoms with van der Waals surface area (Å²) in [6.45, 7) is 0.241. The molecule has 0 N–H and O–H groups in total. The van der Waals surface area contributed by atoms with Gasteiger partial charge in [-0.05, 0) is 24.1 Å². The first-order chi connectivity index (χ1) is 14.5. The second-order valence-electron chi connectivity index (χ2n) is 6.89. The molecule has 0 unspecified atom stereocenters. The van der Waals surface area contributed by atoms with Crippen molar-refractivity contribution in [1.29, 1.82) is 0 Å². The summed E-state index contributed by atoms with van der Waals surface area (Å²) in [6, 6.07) is 19.2. The van der Waals surface area contributed by atoms with Gasteiger partial charge in [-0.25, -0.2) is 0 Å². The molecule has 0 aromatic heterocycles. The van der Waals surface area contributed by atoms with E-state index >= 15 is 0 Å². The Kier molecular flexibility index (Phi) is 4.93. The monoisotopic (exact) mass is 400 g/mol. The van der Waals surface area contributed by atoms with Gasteiger partial charge in [-0.1, -0.05) is 48.5 Å². The lowest BCUT2D eigenvalue weighted by Gasteiger charge is -2.13. The van der Waals surface area contributed by atoms with Crippen LogP contribution in [0.3, 0.4) is 0 Å². The van der Waals surface area contributed by atoms with Crippen LogP contribution in [0.5, 0.6) is 0 Å². The maximum Gasteiger partial charge on any atom is 0.270 e. The molecule has 148 valence electrons. The van der Waals surface area contributed by atoms with Crippen LogP contribution in [-0.2, 0) is 6.42 Å². The number of nitro benzene ring substituents is 1. The summed E-state index contributed by atoms with van der Waals surface area (Å²) in [6.07, 6.45) is 0.534. The molecule has 3 aromatic carbocycles. The molecular formula is C23H16N2O5. The Morgan fingerprint density at radius 1 is 0.833 bits per heavy atom. The van der Waals surface area contributed by atoms with Gasteiger partial charge in [0.1, 0.15) is 0 Å². The van der Waals surface area contributed by atoms with Gasteiger partial charge < -0.3 is 0 Å². The van der Waals surface area contributed by atoms with Crippen molar-refractivity contribution < 1.29 is 19.3 Å². The van der Waals surface area contributed by atoms with E-state index in [1.165, 1.54) is 47.4 Å². The van der Waals surface area contributed by atoms with Crippen molar-refractivity contribution in [2.45, 2.75) is 6.42 Å². The van der Waals surface area contributed by atoms with E-state index in [0.29, 0.717) is 6.42 Å². The van der Waals surface area contributed by atoms with Gasteiger partial charge in [-0.15, -0.1) is 0 Å². The first-order valence-electron chi connectivity index (χ1n) is 9.29. The second kappa shape index (κ2) is 7.71. The number of carbonyl (C=O) groups is 3. The highest BCUT2D eigenvalue weighted by molar-refractivity contribution is 6.22. The van der Waals surface area contributed by atoms with Crippen molar-refractivity contribution in [1.82, 2.24) is 4.90 Å². The van der Waals surface area contributed by atoms with Crippen LogP contribution in [0.1, 0.15) is 42.2 Å². The fourth-order valence-corrected chi connectivity index (χ4v) is 3.45. The van der Waals surface area contributed by atoms with Gasteiger partial charge in [0.25, 0.3) is 17.5 Å². The molecule has 4 rings (SSSR count). The molecule has 1 heterocycles. The molecule has 0 saturated carbocycles. The minimum atomic E-state index is -0.577. The van der Waals surface area contributed by atoms with Crippen LogP contribution < -0.4 is 0 Å². The minimum Gasteiger partial charge on any atom is -0.289 e. The van der Waals surface area contributed by atoms with E-state index in [1.54, 1.807) is 0 Å². The molecule has 0 aliphatic carbocycles. The molecule has 7 heteroatoms. The number of non-ortho nitro benzene ring substituents is 1. The predicted molar refractivity (Wildman–Crippen MR) is 108 cm³/mol. The lowest BCUT2D eigenvalue weighted by Crippen LogP contribution is -2.31. The van der Waals surface area contributed by atoms with E-state index in [9.17, 15) is 24.5 Å². The topological polar surface area (TPSA) is 97.6 Å². The molecule has 0 bridgehead atoms. The SMILES string of the molecule is O=C(c1cccc([N+](=O)[O-])c1)c1ccc2c(c1)C(=O)N(CCc1ccccc1)C2=O. The number of nitrogens with zero attached hydrogens (tertiary/aromatic N) is 2. The second-order valence-corrected chi connectivity index (χ2v) is 6.89. The lowest BCUT2D eigenvalue weighted by molar-refractivity contribution is -0.384. The number of hydrogen-bond donors (Lipinski definition) is 0. The molecule has 1 aliphatic rings. The molecule has 3 aromatic rings. The number of nitro groups is 1. The highest BCUT2D eigenvalue weighted by Crippen LogP contribution is 2.26. The summed E-state index contributed by atoms with van der Waals surface area (Å²) >= 11 is 0. The van der Waals surface area contributed by atoms with Gasteiger partial charge >= 0.3 is 0 Å². The number of fused-ring (bicyclic) bond motifs is 1. The number of rotatable bonds is 6. The van der Waals surface area contributed by atoms with E-state index < -0.39 is 16.6 Å². The fourth-order valence-electron chi connectivity index (χ4n) is 3.45. The fraction of sp³-hybridized carbons (Fsp3) is 0.0870. The zero-order chi connectivity index (χ0) is 21.3. The van der Waals surface area contributed by atoms with E-state index in [-0.39, 0.29) is 40.4 Å². The van der Waals surface area contributed by atoms with Gasteiger partial charge in [0.05, 0.1) is 16.1 Å². The largest absolute Gasteiger partial charge is 0.289 e. The van der Waals surface area contributed by atoms with E-state index in [4.69, 9.17) is 0 Å². The van der Waals surface area contributed by atoms with Gasteiger partial charge in [-0.2, -0.15) is 0 Å². The zero-order valence-electron chi connectivity index (χ0n) is 15.8.